The van der Waals surface area contributed by atoms with Gasteiger partial charge < -0.3 is 9.47 Å². The summed E-state index contributed by atoms with van der Waals surface area (Å²) in [5.74, 6) is 1.63. The molecule has 0 saturated carbocycles. The molecule has 0 bridgehead atoms. The minimum Gasteiger partial charge on any atom is -0.493 e. The fourth-order valence-corrected chi connectivity index (χ4v) is 3.64. The number of halogens is 2. The number of fused-ring (bicyclic) bond motifs is 1. The Morgan fingerprint density at radius 1 is 0.846 bits per heavy atom. The number of alkyl halides is 1. The van der Waals surface area contributed by atoms with Crippen molar-refractivity contribution in [2.45, 2.75) is 58.3 Å². The van der Waals surface area contributed by atoms with Crippen LogP contribution in [0.5, 0.6) is 11.5 Å². The highest BCUT2D eigenvalue weighted by molar-refractivity contribution is 9.09. The summed E-state index contributed by atoms with van der Waals surface area (Å²) in [5, 5.41) is 3.81. The number of hydrogen-bond donors (Lipinski definition) is 0. The Bertz CT molecular complexity index is 660. The molecule has 2 nitrogen and oxygen atoms in total. The largest absolute Gasteiger partial charge is 0.493 e. The van der Waals surface area contributed by atoms with Gasteiger partial charge >= 0.3 is 0 Å². The quantitative estimate of drug-likeness (QED) is 0.233. The van der Waals surface area contributed by atoms with E-state index in [1.165, 1.54) is 38.5 Å². The topological polar surface area (TPSA) is 18.5 Å². The lowest BCUT2D eigenvalue weighted by Gasteiger charge is -2.15. The molecule has 26 heavy (non-hydrogen) atoms. The van der Waals surface area contributed by atoms with E-state index in [-0.39, 0.29) is 0 Å². The van der Waals surface area contributed by atoms with E-state index >= 15 is 0 Å². The van der Waals surface area contributed by atoms with Crippen molar-refractivity contribution in [3.8, 4) is 11.5 Å². The van der Waals surface area contributed by atoms with Gasteiger partial charge in [-0.2, -0.15) is 0 Å². The normalized spacial score (nSPS) is 11.0. The second kappa shape index (κ2) is 12.5. The monoisotopic (exact) mass is 440 g/mol. The van der Waals surface area contributed by atoms with Crippen molar-refractivity contribution in [2.24, 2.45) is 0 Å². The molecular weight excluding hydrogens is 412 g/mol. The second-order valence-corrected chi connectivity index (χ2v) is 7.79. The first-order chi connectivity index (χ1) is 12.8. The van der Waals surface area contributed by atoms with E-state index in [1.54, 1.807) is 0 Å². The van der Waals surface area contributed by atoms with Gasteiger partial charge in [-0.05, 0) is 19.3 Å². The van der Waals surface area contributed by atoms with E-state index in [0.29, 0.717) is 11.6 Å². The third-order valence-electron chi connectivity index (χ3n) is 4.44. The minimum atomic E-state index is 0.633. The van der Waals surface area contributed by atoms with Gasteiger partial charge in [0.05, 0.1) is 18.2 Å². The second-order valence-electron chi connectivity index (χ2n) is 6.59. The van der Waals surface area contributed by atoms with Gasteiger partial charge in [-0.3, -0.25) is 0 Å². The molecule has 2 rings (SSSR count). The molecule has 0 heterocycles. The summed E-state index contributed by atoms with van der Waals surface area (Å²) < 4.78 is 12.1. The molecule has 0 fully saturated rings. The van der Waals surface area contributed by atoms with E-state index in [4.69, 9.17) is 21.1 Å². The van der Waals surface area contributed by atoms with Gasteiger partial charge in [0.25, 0.3) is 0 Å². The first kappa shape index (κ1) is 21.4. The SMILES string of the molecule is CCCCCCOc1c(Cl)cc(OCCCCCCBr)c2ccccc12. The molecule has 0 radical (unpaired) electrons. The molecule has 0 unspecified atom stereocenters. The van der Waals surface area contributed by atoms with Gasteiger partial charge in [-0.15, -0.1) is 0 Å². The van der Waals surface area contributed by atoms with Crippen LogP contribution in [0.15, 0.2) is 30.3 Å². The molecule has 0 N–H and O–H groups in total. The molecule has 2 aromatic carbocycles. The zero-order chi connectivity index (χ0) is 18.6. The maximum absolute atomic E-state index is 6.52. The van der Waals surface area contributed by atoms with Crippen LogP contribution in [-0.2, 0) is 0 Å². The summed E-state index contributed by atoms with van der Waals surface area (Å²) in [7, 11) is 0. The number of unbranched alkanes of at least 4 members (excludes halogenated alkanes) is 6. The molecule has 144 valence electrons. The summed E-state index contributed by atoms with van der Waals surface area (Å²) in [4.78, 5) is 0. The Labute approximate surface area is 171 Å². The minimum absolute atomic E-state index is 0.633. The molecule has 0 amide bonds. The van der Waals surface area contributed by atoms with E-state index in [0.717, 1.165) is 47.1 Å². The van der Waals surface area contributed by atoms with Gasteiger partial charge in [0.2, 0.25) is 0 Å². The first-order valence-electron chi connectivity index (χ1n) is 9.80. The average molecular weight is 442 g/mol. The van der Waals surface area contributed by atoms with Crippen LogP contribution < -0.4 is 9.47 Å². The van der Waals surface area contributed by atoms with E-state index in [2.05, 4.69) is 35.0 Å². The summed E-state index contributed by atoms with van der Waals surface area (Å²) in [6.07, 6.45) is 9.45. The summed E-state index contributed by atoms with van der Waals surface area (Å²) in [6, 6.07) is 10.1. The summed E-state index contributed by atoms with van der Waals surface area (Å²) >= 11 is 9.99. The Balaban J connectivity index is 2.02. The molecule has 0 aromatic heterocycles. The van der Waals surface area contributed by atoms with Crippen LogP contribution in [0.4, 0.5) is 0 Å². The predicted octanol–water partition coefficient (Wildman–Crippen LogP) is 7.79. The zero-order valence-corrected chi connectivity index (χ0v) is 18.1. The molecule has 0 atom stereocenters. The molecule has 4 heteroatoms. The highest BCUT2D eigenvalue weighted by Gasteiger charge is 2.13. The van der Waals surface area contributed by atoms with Crippen molar-refractivity contribution in [1.82, 2.24) is 0 Å². The highest BCUT2D eigenvalue weighted by Crippen LogP contribution is 2.39. The lowest BCUT2D eigenvalue weighted by molar-refractivity contribution is 0.302. The summed E-state index contributed by atoms with van der Waals surface area (Å²) in [5.41, 5.74) is 0. The average Bonchev–Trinajstić information content (AvgIpc) is 2.66. The van der Waals surface area contributed by atoms with Crippen molar-refractivity contribution in [1.29, 1.82) is 0 Å². The van der Waals surface area contributed by atoms with Gasteiger partial charge in [0, 0.05) is 22.2 Å². The van der Waals surface area contributed by atoms with Crippen LogP contribution in [0.25, 0.3) is 10.8 Å². The molecule has 0 saturated heterocycles. The highest BCUT2D eigenvalue weighted by atomic mass is 79.9. The third kappa shape index (κ3) is 6.66. The van der Waals surface area contributed by atoms with Crippen molar-refractivity contribution >= 4 is 38.3 Å². The molecule has 0 spiro atoms. The van der Waals surface area contributed by atoms with E-state index < -0.39 is 0 Å². The number of benzene rings is 2. The molecule has 0 aliphatic carbocycles. The Hall–Kier alpha value is -0.930. The van der Waals surface area contributed by atoms with Gasteiger partial charge in [0.15, 0.2) is 0 Å². The fraction of sp³-hybridized carbons (Fsp3) is 0.545. The van der Waals surface area contributed by atoms with Crippen LogP contribution in [0.3, 0.4) is 0 Å². The van der Waals surface area contributed by atoms with E-state index in [9.17, 15) is 0 Å². The lowest BCUT2D eigenvalue weighted by atomic mass is 10.1. The maximum atomic E-state index is 6.52. The van der Waals surface area contributed by atoms with Crippen molar-refractivity contribution < 1.29 is 9.47 Å². The van der Waals surface area contributed by atoms with Crippen LogP contribution in [0, 0.1) is 0 Å². The predicted molar refractivity (Wildman–Crippen MR) is 116 cm³/mol. The van der Waals surface area contributed by atoms with Gasteiger partial charge in [-0.1, -0.05) is 90.8 Å². The molecule has 0 aliphatic heterocycles. The number of rotatable bonds is 13. The molecule has 2 aromatic rings. The van der Waals surface area contributed by atoms with Crippen molar-refractivity contribution in [3.05, 3.63) is 35.4 Å². The van der Waals surface area contributed by atoms with Crippen molar-refractivity contribution in [2.75, 3.05) is 18.5 Å². The fourth-order valence-electron chi connectivity index (χ4n) is 2.98. The van der Waals surface area contributed by atoms with Crippen LogP contribution in [0.1, 0.15) is 58.3 Å². The van der Waals surface area contributed by atoms with Gasteiger partial charge in [0.1, 0.15) is 11.5 Å². The van der Waals surface area contributed by atoms with E-state index in [1.807, 2.05) is 18.2 Å². The Morgan fingerprint density at radius 3 is 2.23 bits per heavy atom. The first-order valence-corrected chi connectivity index (χ1v) is 11.3. The van der Waals surface area contributed by atoms with Gasteiger partial charge in [-0.25, -0.2) is 0 Å². The van der Waals surface area contributed by atoms with Crippen molar-refractivity contribution in [3.63, 3.8) is 0 Å². The lowest BCUT2D eigenvalue weighted by Crippen LogP contribution is -2.01. The standard InChI is InChI=1S/C22H30BrClO2/c1-2-3-4-10-16-26-22-19-13-8-7-12-18(19)21(17-20(22)24)25-15-11-6-5-9-14-23/h7-8,12-13,17H,2-6,9-11,14-16H2,1H3. The third-order valence-corrected chi connectivity index (χ3v) is 5.28. The molecule has 0 aliphatic rings. The zero-order valence-electron chi connectivity index (χ0n) is 15.7. The Morgan fingerprint density at radius 2 is 1.50 bits per heavy atom. The van der Waals surface area contributed by atoms with Crippen LogP contribution in [-0.4, -0.2) is 18.5 Å². The number of ether oxygens (including phenoxy) is 2. The maximum Gasteiger partial charge on any atom is 0.145 e. The molecular formula is C22H30BrClO2. The van der Waals surface area contributed by atoms with Crippen LogP contribution in [0.2, 0.25) is 5.02 Å². The van der Waals surface area contributed by atoms with Crippen LogP contribution >= 0.6 is 27.5 Å². The summed E-state index contributed by atoms with van der Waals surface area (Å²) in [6.45, 7) is 3.64. The smallest absolute Gasteiger partial charge is 0.145 e. The Kier molecular flexibility index (Phi) is 10.2. The number of hydrogen-bond acceptors (Lipinski definition) is 2.